The van der Waals surface area contributed by atoms with Gasteiger partial charge in [0.1, 0.15) is 23.6 Å². The molecule has 1 atom stereocenters. The van der Waals surface area contributed by atoms with E-state index >= 15 is 0 Å². The molecule has 0 saturated heterocycles. The fourth-order valence-corrected chi connectivity index (χ4v) is 4.84. The molecule has 8 heteroatoms. The highest BCUT2D eigenvalue weighted by molar-refractivity contribution is 7.92. The Balaban J connectivity index is 1.86. The van der Waals surface area contributed by atoms with Crippen LogP contribution >= 0.6 is 0 Å². The molecule has 0 unspecified atom stereocenters. The van der Waals surface area contributed by atoms with Crippen molar-refractivity contribution in [3.05, 3.63) is 53.1 Å². The number of hydrogen-bond acceptors (Lipinski definition) is 5. The predicted molar refractivity (Wildman–Crippen MR) is 121 cm³/mol. The summed E-state index contributed by atoms with van der Waals surface area (Å²) < 4.78 is 37.5. The number of carbonyl (C=O) groups excluding carboxylic acids is 1. The summed E-state index contributed by atoms with van der Waals surface area (Å²) in [4.78, 5) is 13.0. The van der Waals surface area contributed by atoms with Gasteiger partial charge >= 0.3 is 0 Å². The maximum absolute atomic E-state index is 13.0. The third-order valence-electron chi connectivity index (χ3n) is 5.32. The molecule has 168 valence electrons. The minimum atomic E-state index is -3.65. The van der Waals surface area contributed by atoms with Crippen molar-refractivity contribution in [3.63, 3.8) is 0 Å². The number of sulfonamides is 1. The largest absolute Gasteiger partial charge is 0.497 e. The van der Waals surface area contributed by atoms with Gasteiger partial charge in [0.05, 0.1) is 25.1 Å². The van der Waals surface area contributed by atoms with Crippen LogP contribution in [0, 0.1) is 13.8 Å². The van der Waals surface area contributed by atoms with Crippen LogP contribution in [0.1, 0.15) is 43.0 Å². The molecular weight excluding hydrogens is 416 g/mol. The quantitative estimate of drug-likeness (QED) is 0.734. The van der Waals surface area contributed by atoms with Crippen molar-refractivity contribution in [2.75, 3.05) is 24.2 Å². The van der Waals surface area contributed by atoms with Gasteiger partial charge in [-0.25, -0.2) is 8.42 Å². The third-order valence-corrected chi connectivity index (χ3v) is 6.45. The number of aryl methyl sites for hydroxylation is 2. The smallest absolute Gasteiger partial charge is 0.241 e. The Bertz CT molecular complexity index is 1100. The number of fused-ring (bicyclic) bond motifs is 1. The summed E-state index contributed by atoms with van der Waals surface area (Å²) >= 11 is 0. The Morgan fingerprint density at radius 2 is 1.94 bits per heavy atom. The van der Waals surface area contributed by atoms with E-state index in [9.17, 15) is 13.2 Å². The van der Waals surface area contributed by atoms with E-state index in [0.29, 0.717) is 23.6 Å². The molecule has 1 aliphatic rings. The second-order valence-corrected chi connectivity index (χ2v) is 10.6. The minimum Gasteiger partial charge on any atom is -0.497 e. The number of methoxy groups -OCH3 is 1. The lowest BCUT2D eigenvalue weighted by Crippen LogP contribution is -2.45. The standard InChI is InChI=1S/C23H30N2O5S/c1-15-7-10-20(16(2)11-15)25(31(6,27)28)14-22(26)24-19-13-23(3,4)30-21-12-17(29-5)8-9-18(19)21/h7-12,19H,13-14H2,1-6H3,(H,24,26)/t19-/m0/s1. The number of nitrogens with zero attached hydrogens (tertiary/aromatic N) is 1. The number of rotatable bonds is 6. The molecule has 0 bridgehead atoms. The Morgan fingerprint density at radius 3 is 2.55 bits per heavy atom. The monoisotopic (exact) mass is 446 g/mol. The van der Waals surface area contributed by atoms with E-state index in [1.807, 2.05) is 52.0 Å². The van der Waals surface area contributed by atoms with Crippen molar-refractivity contribution in [2.45, 2.75) is 45.8 Å². The number of carbonyl (C=O) groups is 1. The zero-order chi connectivity index (χ0) is 23.0. The average molecular weight is 447 g/mol. The SMILES string of the molecule is COc1ccc2c(c1)OC(C)(C)C[C@@H]2NC(=O)CN(c1ccc(C)cc1C)S(C)(=O)=O. The predicted octanol–water partition coefficient (Wildman–Crippen LogP) is 3.50. The first-order valence-corrected chi connectivity index (χ1v) is 12.0. The molecule has 0 aromatic heterocycles. The van der Waals surface area contributed by atoms with E-state index in [1.165, 1.54) is 0 Å². The number of ether oxygens (including phenoxy) is 2. The average Bonchev–Trinajstić information content (AvgIpc) is 2.64. The zero-order valence-corrected chi connectivity index (χ0v) is 19.7. The number of anilines is 1. The van der Waals surface area contributed by atoms with Crippen molar-refractivity contribution < 1.29 is 22.7 Å². The molecule has 31 heavy (non-hydrogen) atoms. The van der Waals surface area contributed by atoms with Gasteiger partial charge in [0.15, 0.2) is 0 Å². The molecule has 1 aliphatic heterocycles. The van der Waals surface area contributed by atoms with Crippen LogP contribution in [-0.4, -0.2) is 39.8 Å². The topological polar surface area (TPSA) is 84.9 Å². The zero-order valence-electron chi connectivity index (χ0n) is 18.9. The molecule has 7 nitrogen and oxygen atoms in total. The summed E-state index contributed by atoms with van der Waals surface area (Å²) in [5.41, 5.74) is 2.66. The molecule has 1 N–H and O–H groups in total. The second-order valence-electron chi connectivity index (χ2n) is 8.65. The van der Waals surface area contributed by atoms with Gasteiger partial charge in [0.2, 0.25) is 15.9 Å². The van der Waals surface area contributed by atoms with Gasteiger partial charge in [-0.3, -0.25) is 9.10 Å². The van der Waals surface area contributed by atoms with Crippen molar-refractivity contribution in [2.24, 2.45) is 0 Å². The Labute approximate surface area is 184 Å². The van der Waals surface area contributed by atoms with E-state index in [2.05, 4.69) is 5.32 Å². The molecular formula is C23H30N2O5S. The fraction of sp³-hybridized carbons (Fsp3) is 0.435. The van der Waals surface area contributed by atoms with Gasteiger partial charge in [0.25, 0.3) is 0 Å². The lowest BCUT2D eigenvalue weighted by Gasteiger charge is -2.38. The lowest BCUT2D eigenvalue weighted by atomic mass is 9.89. The van der Waals surface area contributed by atoms with Gasteiger partial charge in [-0.2, -0.15) is 0 Å². The summed E-state index contributed by atoms with van der Waals surface area (Å²) in [5, 5.41) is 3.01. The van der Waals surface area contributed by atoms with Crippen molar-refractivity contribution in [1.29, 1.82) is 0 Å². The maximum atomic E-state index is 13.0. The molecule has 0 fully saturated rings. The van der Waals surface area contributed by atoms with Gasteiger partial charge < -0.3 is 14.8 Å². The van der Waals surface area contributed by atoms with E-state index in [1.54, 1.807) is 19.2 Å². The first-order valence-electron chi connectivity index (χ1n) is 10.1. The molecule has 3 rings (SSSR count). The Morgan fingerprint density at radius 1 is 1.23 bits per heavy atom. The van der Waals surface area contributed by atoms with E-state index in [0.717, 1.165) is 27.3 Å². The number of hydrogen-bond donors (Lipinski definition) is 1. The van der Waals surface area contributed by atoms with Crippen LogP contribution in [0.3, 0.4) is 0 Å². The Kier molecular flexibility index (Phi) is 6.23. The van der Waals surface area contributed by atoms with Gasteiger partial charge in [0, 0.05) is 18.1 Å². The van der Waals surface area contributed by atoms with Crippen LogP contribution in [0.2, 0.25) is 0 Å². The van der Waals surface area contributed by atoms with Crippen LogP contribution in [0.25, 0.3) is 0 Å². The first kappa shape index (κ1) is 22.9. The van der Waals surface area contributed by atoms with Crippen molar-refractivity contribution in [3.8, 4) is 11.5 Å². The molecule has 1 amide bonds. The summed E-state index contributed by atoms with van der Waals surface area (Å²) in [6.45, 7) is 7.38. The normalized spacial score (nSPS) is 17.3. The second kappa shape index (κ2) is 8.42. The third kappa shape index (κ3) is 5.31. The summed E-state index contributed by atoms with van der Waals surface area (Å²) in [5.74, 6) is 0.935. The van der Waals surface area contributed by atoms with Crippen molar-refractivity contribution in [1.82, 2.24) is 5.32 Å². The summed E-state index contributed by atoms with van der Waals surface area (Å²) in [6.07, 6.45) is 1.67. The van der Waals surface area contributed by atoms with E-state index < -0.39 is 15.6 Å². The molecule has 0 aliphatic carbocycles. The summed E-state index contributed by atoms with van der Waals surface area (Å²) in [6, 6.07) is 10.6. The van der Waals surface area contributed by atoms with Crippen molar-refractivity contribution >= 4 is 21.6 Å². The maximum Gasteiger partial charge on any atom is 0.241 e. The summed E-state index contributed by atoms with van der Waals surface area (Å²) in [7, 11) is -2.07. The van der Waals surface area contributed by atoms with Crippen LogP contribution < -0.4 is 19.1 Å². The Hall–Kier alpha value is -2.74. The highest BCUT2D eigenvalue weighted by Gasteiger charge is 2.35. The van der Waals surface area contributed by atoms with E-state index in [-0.39, 0.29) is 18.5 Å². The molecule has 2 aromatic carbocycles. The molecule has 2 aromatic rings. The van der Waals surface area contributed by atoms with Crippen LogP contribution in [-0.2, 0) is 14.8 Å². The van der Waals surface area contributed by atoms with Gasteiger partial charge in [-0.15, -0.1) is 0 Å². The lowest BCUT2D eigenvalue weighted by molar-refractivity contribution is -0.120. The number of nitrogens with one attached hydrogen (secondary N) is 1. The first-order chi connectivity index (χ1) is 14.4. The highest BCUT2D eigenvalue weighted by Crippen LogP contribution is 2.41. The minimum absolute atomic E-state index is 0.300. The number of benzene rings is 2. The van der Waals surface area contributed by atoms with Gasteiger partial charge in [-0.05, 0) is 51.5 Å². The van der Waals surface area contributed by atoms with Gasteiger partial charge in [-0.1, -0.05) is 17.7 Å². The van der Waals surface area contributed by atoms with E-state index in [4.69, 9.17) is 9.47 Å². The van der Waals surface area contributed by atoms with Crippen LogP contribution in [0.4, 0.5) is 5.69 Å². The van der Waals surface area contributed by atoms with Crippen LogP contribution in [0.15, 0.2) is 36.4 Å². The molecule has 1 heterocycles. The molecule has 0 saturated carbocycles. The molecule has 0 spiro atoms. The highest BCUT2D eigenvalue weighted by atomic mass is 32.2. The fourth-order valence-electron chi connectivity index (χ4n) is 3.92. The molecule has 0 radical (unpaired) electrons. The van der Waals surface area contributed by atoms with Crippen LogP contribution in [0.5, 0.6) is 11.5 Å². The number of amides is 1.